The maximum atomic E-state index is 13.4. The van der Waals surface area contributed by atoms with E-state index in [-0.39, 0.29) is 12.1 Å². The fourth-order valence-electron chi connectivity index (χ4n) is 4.32. The lowest BCUT2D eigenvalue weighted by molar-refractivity contribution is 0.163. The summed E-state index contributed by atoms with van der Waals surface area (Å²) in [6.45, 7) is 2.46. The van der Waals surface area contributed by atoms with Gasteiger partial charge in [0.1, 0.15) is 10.9 Å². The molecule has 31 heavy (non-hydrogen) atoms. The van der Waals surface area contributed by atoms with Gasteiger partial charge >= 0.3 is 6.03 Å². The molecule has 1 aliphatic rings. The van der Waals surface area contributed by atoms with Crippen LogP contribution >= 0.6 is 11.6 Å². The smallest absolute Gasteiger partial charge is 0.322 e. The van der Waals surface area contributed by atoms with Crippen molar-refractivity contribution in [2.75, 3.05) is 12.4 Å². The normalized spacial score (nSPS) is 14.4. The van der Waals surface area contributed by atoms with E-state index in [1.165, 1.54) is 6.42 Å². The number of fused-ring (bicyclic) bond motifs is 1. The Morgan fingerprint density at radius 1 is 1.16 bits per heavy atom. The van der Waals surface area contributed by atoms with Gasteiger partial charge in [-0.1, -0.05) is 55.1 Å². The van der Waals surface area contributed by atoms with Crippen LogP contribution in [-0.4, -0.2) is 29.1 Å². The number of ether oxygens (including phenoxy) is 1. The summed E-state index contributed by atoms with van der Waals surface area (Å²) in [6, 6.07) is 15.6. The minimum absolute atomic E-state index is 0.124. The number of aromatic nitrogens is 1. The van der Waals surface area contributed by atoms with Crippen molar-refractivity contribution in [3.05, 3.63) is 64.8 Å². The molecule has 1 aromatic heterocycles. The molecule has 2 amide bonds. The molecule has 0 unspecified atom stereocenters. The number of pyridine rings is 1. The standard InChI is InChI=1S/C25H28ClN3O2/c1-17-8-6-9-18-14-19(24(26)28-23(17)18)16-29(21-11-4-3-5-12-21)25(30)27-20-10-7-13-22(15-20)31-2/h6-10,13-15,21H,3-5,11-12,16H2,1-2H3,(H,27,30). The Bertz CT molecular complexity index is 1080. The molecule has 1 fully saturated rings. The van der Waals surface area contributed by atoms with Gasteiger partial charge in [0.15, 0.2) is 0 Å². The number of hydrogen-bond acceptors (Lipinski definition) is 3. The summed E-state index contributed by atoms with van der Waals surface area (Å²) in [5.74, 6) is 0.708. The summed E-state index contributed by atoms with van der Waals surface area (Å²) in [5, 5.41) is 4.54. The first-order valence-corrected chi connectivity index (χ1v) is 11.2. The summed E-state index contributed by atoms with van der Waals surface area (Å²) in [7, 11) is 1.62. The summed E-state index contributed by atoms with van der Waals surface area (Å²) < 4.78 is 5.28. The molecule has 0 spiro atoms. The third-order valence-corrected chi connectivity index (χ3v) is 6.34. The molecule has 0 aliphatic heterocycles. The molecule has 6 heteroatoms. The van der Waals surface area contributed by atoms with Crippen LogP contribution in [0.4, 0.5) is 10.5 Å². The number of aryl methyl sites for hydroxylation is 1. The van der Waals surface area contributed by atoms with Gasteiger partial charge in [0.2, 0.25) is 0 Å². The van der Waals surface area contributed by atoms with Crippen LogP contribution < -0.4 is 10.1 Å². The van der Waals surface area contributed by atoms with Crippen molar-refractivity contribution in [3.63, 3.8) is 0 Å². The third-order valence-electron chi connectivity index (χ3n) is 6.01. The zero-order chi connectivity index (χ0) is 21.8. The van der Waals surface area contributed by atoms with Crippen molar-refractivity contribution in [3.8, 4) is 5.75 Å². The Morgan fingerprint density at radius 2 is 1.94 bits per heavy atom. The van der Waals surface area contributed by atoms with Crippen molar-refractivity contribution in [2.24, 2.45) is 0 Å². The predicted molar refractivity (Wildman–Crippen MR) is 126 cm³/mol. The summed E-state index contributed by atoms with van der Waals surface area (Å²) >= 11 is 6.58. The fourth-order valence-corrected chi connectivity index (χ4v) is 4.52. The number of hydrogen-bond donors (Lipinski definition) is 1. The zero-order valence-electron chi connectivity index (χ0n) is 18.0. The number of anilines is 1. The highest BCUT2D eigenvalue weighted by molar-refractivity contribution is 6.30. The van der Waals surface area contributed by atoms with E-state index in [2.05, 4.69) is 16.4 Å². The molecule has 1 aliphatic carbocycles. The fraction of sp³-hybridized carbons (Fsp3) is 0.360. The molecule has 0 saturated heterocycles. The van der Waals surface area contributed by atoms with Gasteiger partial charge in [-0.05, 0) is 43.5 Å². The number of amides is 2. The van der Waals surface area contributed by atoms with Gasteiger partial charge in [-0.25, -0.2) is 9.78 Å². The second-order valence-electron chi connectivity index (χ2n) is 8.17. The van der Waals surface area contributed by atoms with Crippen molar-refractivity contribution < 1.29 is 9.53 Å². The van der Waals surface area contributed by atoms with E-state index < -0.39 is 0 Å². The Balaban J connectivity index is 1.62. The Labute approximate surface area is 188 Å². The van der Waals surface area contributed by atoms with E-state index in [1.807, 2.05) is 54.3 Å². The highest BCUT2D eigenvalue weighted by Crippen LogP contribution is 2.29. The maximum Gasteiger partial charge on any atom is 0.322 e. The monoisotopic (exact) mass is 437 g/mol. The number of nitrogens with one attached hydrogen (secondary N) is 1. The molecule has 1 saturated carbocycles. The minimum Gasteiger partial charge on any atom is -0.497 e. The van der Waals surface area contributed by atoms with Crippen LogP contribution in [0.3, 0.4) is 0 Å². The van der Waals surface area contributed by atoms with Crippen LogP contribution in [0.15, 0.2) is 48.5 Å². The molecule has 1 N–H and O–H groups in total. The first-order valence-electron chi connectivity index (χ1n) is 10.8. The highest BCUT2D eigenvalue weighted by atomic mass is 35.5. The Morgan fingerprint density at radius 3 is 2.71 bits per heavy atom. The van der Waals surface area contributed by atoms with Crippen molar-refractivity contribution in [1.82, 2.24) is 9.88 Å². The lowest BCUT2D eigenvalue weighted by atomic mass is 9.94. The Hall–Kier alpha value is -2.79. The van der Waals surface area contributed by atoms with Gasteiger partial charge in [0, 0.05) is 28.7 Å². The van der Waals surface area contributed by atoms with Crippen molar-refractivity contribution in [2.45, 2.75) is 51.6 Å². The number of halogens is 1. The molecule has 0 bridgehead atoms. The van der Waals surface area contributed by atoms with Crippen LogP contribution in [0.25, 0.3) is 10.9 Å². The average Bonchev–Trinajstić information content (AvgIpc) is 2.79. The zero-order valence-corrected chi connectivity index (χ0v) is 18.8. The largest absolute Gasteiger partial charge is 0.497 e. The molecule has 162 valence electrons. The lowest BCUT2D eigenvalue weighted by Gasteiger charge is -2.34. The summed E-state index contributed by atoms with van der Waals surface area (Å²) in [5.41, 5.74) is 3.57. The van der Waals surface area contributed by atoms with Gasteiger partial charge in [-0.3, -0.25) is 0 Å². The number of rotatable bonds is 5. The van der Waals surface area contributed by atoms with E-state index >= 15 is 0 Å². The van der Waals surface area contributed by atoms with Crippen LogP contribution in [0.2, 0.25) is 5.15 Å². The second-order valence-corrected chi connectivity index (χ2v) is 8.52. The number of carbonyl (C=O) groups excluding carboxylic acids is 1. The molecule has 3 aromatic rings. The Kier molecular flexibility index (Phi) is 6.62. The minimum atomic E-state index is -0.124. The molecule has 0 radical (unpaired) electrons. The van der Waals surface area contributed by atoms with Crippen LogP contribution in [0.1, 0.15) is 43.2 Å². The van der Waals surface area contributed by atoms with Gasteiger partial charge in [0.05, 0.1) is 19.2 Å². The van der Waals surface area contributed by atoms with Crippen LogP contribution in [0, 0.1) is 6.92 Å². The van der Waals surface area contributed by atoms with E-state index in [0.29, 0.717) is 23.1 Å². The number of methoxy groups -OCH3 is 1. The molecule has 4 rings (SSSR count). The molecule has 2 aromatic carbocycles. The maximum absolute atomic E-state index is 13.4. The van der Waals surface area contributed by atoms with E-state index in [9.17, 15) is 4.79 Å². The predicted octanol–water partition coefficient (Wildman–Crippen LogP) is 6.57. The van der Waals surface area contributed by atoms with Gasteiger partial charge in [-0.15, -0.1) is 0 Å². The SMILES string of the molecule is COc1cccc(NC(=O)N(Cc2cc3cccc(C)c3nc2Cl)C2CCCCC2)c1. The number of para-hydroxylation sites is 1. The first-order chi connectivity index (χ1) is 15.0. The number of carbonyl (C=O) groups is 1. The van der Waals surface area contributed by atoms with Crippen LogP contribution in [0.5, 0.6) is 5.75 Å². The number of benzene rings is 2. The second kappa shape index (κ2) is 9.56. The highest BCUT2D eigenvalue weighted by Gasteiger charge is 2.27. The van der Waals surface area contributed by atoms with Gasteiger partial charge < -0.3 is 15.0 Å². The summed E-state index contributed by atoms with van der Waals surface area (Å²) in [6.07, 6.45) is 5.50. The molecular weight excluding hydrogens is 410 g/mol. The van der Waals surface area contributed by atoms with Gasteiger partial charge in [-0.2, -0.15) is 0 Å². The van der Waals surface area contributed by atoms with Crippen LogP contribution in [-0.2, 0) is 6.54 Å². The quantitative estimate of drug-likeness (QED) is 0.459. The van der Waals surface area contributed by atoms with E-state index in [1.54, 1.807) is 7.11 Å². The van der Waals surface area contributed by atoms with Crippen molar-refractivity contribution in [1.29, 1.82) is 0 Å². The number of urea groups is 1. The van der Waals surface area contributed by atoms with Gasteiger partial charge in [0.25, 0.3) is 0 Å². The third kappa shape index (κ3) is 4.93. The first kappa shape index (κ1) is 21.4. The topological polar surface area (TPSA) is 54.5 Å². The lowest BCUT2D eigenvalue weighted by Crippen LogP contribution is -2.43. The van der Waals surface area contributed by atoms with E-state index in [0.717, 1.165) is 47.7 Å². The molecular formula is C25H28ClN3O2. The molecule has 1 heterocycles. The van der Waals surface area contributed by atoms with Crippen molar-refractivity contribution >= 4 is 34.2 Å². The summed E-state index contributed by atoms with van der Waals surface area (Å²) in [4.78, 5) is 19.9. The average molecular weight is 438 g/mol. The van der Waals surface area contributed by atoms with E-state index in [4.69, 9.17) is 16.3 Å². The molecule has 0 atom stereocenters. The number of nitrogens with zero attached hydrogens (tertiary/aromatic N) is 2. The molecule has 5 nitrogen and oxygen atoms in total.